The van der Waals surface area contributed by atoms with Crippen LogP contribution in [0.3, 0.4) is 0 Å². The first-order valence-electron chi connectivity index (χ1n) is 6.71. The number of carbonyl (C=O) groups excluding carboxylic acids is 2. The summed E-state index contributed by atoms with van der Waals surface area (Å²) in [6, 6.07) is 3.98. The Morgan fingerprint density at radius 3 is 2.42 bits per heavy atom. The molecule has 130 valence electrons. The third-order valence-electron chi connectivity index (χ3n) is 3.58. The highest BCUT2D eigenvalue weighted by Gasteiger charge is 2.58. The van der Waals surface area contributed by atoms with Crippen LogP contribution in [0.25, 0.3) is 0 Å². The molecule has 1 aromatic rings. The van der Waals surface area contributed by atoms with Crippen LogP contribution in [0.2, 0.25) is 0 Å². The molecule has 0 bridgehead atoms. The standard InChI is InChI=1S/C14H14FNO8/c1-21-12(17)14(15,13(18)22-2)9(6-16(19)20)8-3-4-10-11(5-8)24-7-23-10/h3-5,9H,6-7H2,1-2H3/t9-/m0/s1. The van der Waals surface area contributed by atoms with Crippen molar-refractivity contribution >= 4 is 11.9 Å². The van der Waals surface area contributed by atoms with Crippen molar-refractivity contribution in [3.05, 3.63) is 33.9 Å². The molecule has 0 amide bonds. The average Bonchev–Trinajstić information content (AvgIpc) is 3.04. The maximum absolute atomic E-state index is 15.3. The molecule has 1 aliphatic rings. The second kappa shape index (κ2) is 6.69. The Labute approximate surface area is 135 Å². The van der Waals surface area contributed by atoms with Crippen LogP contribution in [-0.4, -0.2) is 50.1 Å². The molecule has 0 unspecified atom stereocenters. The van der Waals surface area contributed by atoms with E-state index in [-0.39, 0.29) is 18.1 Å². The second-order valence-electron chi connectivity index (χ2n) is 4.88. The van der Waals surface area contributed by atoms with E-state index in [2.05, 4.69) is 9.47 Å². The van der Waals surface area contributed by atoms with Crippen molar-refractivity contribution in [1.82, 2.24) is 0 Å². The van der Waals surface area contributed by atoms with Crippen LogP contribution in [0.4, 0.5) is 4.39 Å². The summed E-state index contributed by atoms with van der Waals surface area (Å²) < 4.78 is 34.2. The van der Waals surface area contributed by atoms with Gasteiger partial charge < -0.3 is 18.9 Å². The lowest BCUT2D eigenvalue weighted by molar-refractivity contribution is -0.485. The van der Waals surface area contributed by atoms with Crippen LogP contribution in [0.5, 0.6) is 11.5 Å². The van der Waals surface area contributed by atoms with Crippen molar-refractivity contribution in [3.63, 3.8) is 0 Å². The quantitative estimate of drug-likeness (QED) is 0.323. The molecule has 0 fully saturated rings. The van der Waals surface area contributed by atoms with Crippen molar-refractivity contribution in [1.29, 1.82) is 0 Å². The number of hydrogen-bond acceptors (Lipinski definition) is 8. The van der Waals surface area contributed by atoms with Crippen molar-refractivity contribution < 1.29 is 37.9 Å². The van der Waals surface area contributed by atoms with E-state index in [0.717, 1.165) is 14.2 Å². The molecule has 0 aliphatic carbocycles. The first-order chi connectivity index (χ1) is 11.3. The fraction of sp³-hybridized carbons (Fsp3) is 0.429. The molecule has 0 saturated carbocycles. The molecule has 0 spiro atoms. The number of rotatable bonds is 6. The Morgan fingerprint density at radius 1 is 1.29 bits per heavy atom. The molecule has 1 heterocycles. The van der Waals surface area contributed by atoms with Gasteiger partial charge in [0.1, 0.15) is 5.92 Å². The van der Waals surface area contributed by atoms with E-state index in [1.807, 2.05) is 0 Å². The summed E-state index contributed by atoms with van der Waals surface area (Å²) >= 11 is 0. The minimum Gasteiger partial charge on any atom is -0.466 e. The van der Waals surface area contributed by atoms with Crippen molar-refractivity contribution in [3.8, 4) is 11.5 Å². The largest absolute Gasteiger partial charge is 0.466 e. The lowest BCUT2D eigenvalue weighted by Gasteiger charge is -2.26. The fourth-order valence-corrected chi connectivity index (χ4v) is 2.40. The molecular weight excluding hydrogens is 329 g/mol. The van der Waals surface area contributed by atoms with Gasteiger partial charge in [-0.15, -0.1) is 0 Å². The smallest absolute Gasteiger partial charge is 0.356 e. The minimum absolute atomic E-state index is 0.00532. The first kappa shape index (κ1) is 17.4. The highest BCUT2D eigenvalue weighted by atomic mass is 19.1. The Morgan fingerprint density at radius 2 is 1.88 bits per heavy atom. The number of benzene rings is 1. The predicted molar refractivity (Wildman–Crippen MR) is 75.0 cm³/mol. The molecule has 0 radical (unpaired) electrons. The van der Waals surface area contributed by atoms with E-state index in [9.17, 15) is 19.7 Å². The fourth-order valence-electron chi connectivity index (χ4n) is 2.40. The highest BCUT2D eigenvalue weighted by Crippen LogP contribution is 2.40. The van der Waals surface area contributed by atoms with E-state index >= 15 is 4.39 Å². The van der Waals surface area contributed by atoms with Crippen molar-refractivity contribution in [2.24, 2.45) is 0 Å². The normalized spacial score (nSPS) is 14.0. The number of methoxy groups -OCH3 is 2. The molecule has 2 rings (SSSR count). The Kier molecular flexibility index (Phi) is 4.86. The van der Waals surface area contributed by atoms with E-state index in [0.29, 0.717) is 5.75 Å². The van der Waals surface area contributed by atoms with Gasteiger partial charge in [0.05, 0.1) is 14.2 Å². The molecule has 1 aliphatic heterocycles. The second-order valence-corrected chi connectivity index (χ2v) is 4.88. The lowest BCUT2D eigenvalue weighted by Crippen LogP contribution is -2.51. The summed E-state index contributed by atoms with van der Waals surface area (Å²) in [6.45, 7) is -1.10. The highest BCUT2D eigenvalue weighted by molar-refractivity contribution is 6.04. The third-order valence-corrected chi connectivity index (χ3v) is 3.58. The minimum atomic E-state index is -3.38. The molecular formula is C14H14FNO8. The number of nitro groups is 1. The van der Waals surface area contributed by atoms with Crippen molar-refractivity contribution in [2.45, 2.75) is 11.6 Å². The van der Waals surface area contributed by atoms with Gasteiger partial charge >= 0.3 is 17.6 Å². The van der Waals surface area contributed by atoms with Gasteiger partial charge in [0.2, 0.25) is 13.3 Å². The first-order valence-corrected chi connectivity index (χ1v) is 6.71. The molecule has 0 aromatic heterocycles. The molecule has 1 atom stereocenters. The maximum atomic E-state index is 15.3. The lowest BCUT2D eigenvalue weighted by atomic mass is 9.83. The van der Waals surface area contributed by atoms with Gasteiger partial charge in [-0.1, -0.05) is 6.07 Å². The van der Waals surface area contributed by atoms with Crippen LogP contribution in [0.15, 0.2) is 18.2 Å². The topological polar surface area (TPSA) is 114 Å². The molecule has 10 heteroatoms. The van der Waals surface area contributed by atoms with Gasteiger partial charge in [0.15, 0.2) is 11.5 Å². The number of ether oxygens (including phenoxy) is 4. The van der Waals surface area contributed by atoms with Crippen LogP contribution >= 0.6 is 0 Å². The van der Waals surface area contributed by atoms with Gasteiger partial charge in [-0.3, -0.25) is 10.1 Å². The Balaban J connectivity index is 2.55. The maximum Gasteiger partial charge on any atom is 0.356 e. The summed E-state index contributed by atoms with van der Waals surface area (Å²) in [7, 11) is 1.73. The van der Waals surface area contributed by atoms with Gasteiger partial charge in [-0.2, -0.15) is 0 Å². The third kappa shape index (κ3) is 2.94. The summed E-state index contributed by atoms with van der Waals surface area (Å²) in [5.74, 6) is -4.36. The predicted octanol–water partition coefficient (Wildman–Crippen LogP) is 0.830. The van der Waals surface area contributed by atoms with Crippen LogP contribution in [-0.2, 0) is 19.1 Å². The summed E-state index contributed by atoms with van der Waals surface area (Å²) in [6.07, 6.45) is 0. The van der Waals surface area contributed by atoms with E-state index in [1.54, 1.807) is 0 Å². The molecule has 9 nitrogen and oxygen atoms in total. The number of alkyl halides is 1. The molecule has 0 saturated heterocycles. The zero-order valence-electron chi connectivity index (χ0n) is 12.8. The number of hydrogen-bond donors (Lipinski definition) is 0. The van der Waals surface area contributed by atoms with Gasteiger partial charge in [0, 0.05) is 4.92 Å². The van der Waals surface area contributed by atoms with E-state index < -0.39 is 35.0 Å². The van der Waals surface area contributed by atoms with Crippen molar-refractivity contribution in [2.75, 3.05) is 27.6 Å². The van der Waals surface area contributed by atoms with Gasteiger partial charge in [-0.05, 0) is 17.7 Å². The Bertz CT molecular complexity index is 661. The van der Waals surface area contributed by atoms with E-state index in [1.165, 1.54) is 18.2 Å². The summed E-state index contributed by atoms with van der Waals surface area (Å²) in [5, 5.41) is 11.0. The molecule has 1 aromatic carbocycles. The van der Waals surface area contributed by atoms with Gasteiger partial charge in [0.25, 0.3) is 0 Å². The van der Waals surface area contributed by atoms with Gasteiger partial charge in [-0.25, -0.2) is 14.0 Å². The number of nitrogens with zero attached hydrogens (tertiary/aromatic N) is 1. The Hall–Kier alpha value is -2.91. The molecule has 0 N–H and O–H groups in total. The SMILES string of the molecule is COC(=O)C(F)(C(=O)OC)[C@@H](C[N+](=O)[O-])c1ccc2c(c1)OCO2. The number of fused-ring (bicyclic) bond motifs is 1. The number of esters is 2. The monoisotopic (exact) mass is 343 g/mol. The van der Waals surface area contributed by atoms with Crippen LogP contribution in [0.1, 0.15) is 11.5 Å². The van der Waals surface area contributed by atoms with Crippen LogP contribution < -0.4 is 9.47 Å². The summed E-state index contributed by atoms with van der Waals surface area (Å²) in [4.78, 5) is 33.9. The zero-order valence-corrected chi connectivity index (χ0v) is 12.8. The van der Waals surface area contributed by atoms with E-state index in [4.69, 9.17) is 9.47 Å². The molecule has 24 heavy (non-hydrogen) atoms. The summed E-state index contributed by atoms with van der Waals surface area (Å²) in [5.41, 5.74) is -3.39. The number of carbonyl (C=O) groups is 2. The zero-order chi connectivity index (χ0) is 17.9. The number of halogens is 1. The van der Waals surface area contributed by atoms with Crippen LogP contribution in [0, 0.1) is 10.1 Å². The average molecular weight is 343 g/mol.